The third kappa shape index (κ3) is 4.02. The highest BCUT2D eigenvalue weighted by molar-refractivity contribution is 7.99. The third-order valence-electron chi connectivity index (χ3n) is 0.387. The summed E-state index contributed by atoms with van der Waals surface area (Å²) >= 11 is 1.78. The van der Waals surface area contributed by atoms with Gasteiger partial charge in [0.1, 0.15) is 0 Å². The Morgan fingerprint density at radius 1 is 1.83 bits per heavy atom. The number of aliphatic imine (C=N–C) groups is 1. The average molecular weight is 103 g/mol. The summed E-state index contributed by atoms with van der Waals surface area (Å²) in [5.74, 6) is 1.98. The lowest BCUT2D eigenvalue weighted by atomic mass is 11.0. The van der Waals surface area contributed by atoms with E-state index in [9.17, 15) is 0 Å². The Balaban J connectivity index is 2.49. The minimum absolute atomic E-state index is 0.844. The molecule has 0 heterocycles. The van der Waals surface area contributed by atoms with Crippen molar-refractivity contribution in [2.75, 3.05) is 11.6 Å². The van der Waals surface area contributed by atoms with Crippen LogP contribution in [-0.4, -0.2) is 18.3 Å². The molecule has 0 saturated heterocycles. The molecular weight excluding hydrogens is 94.1 g/mol. The Bertz CT molecular complexity index is 36.5. The van der Waals surface area contributed by atoms with Crippen LogP contribution in [0.5, 0.6) is 0 Å². The van der Waals surface area contributed by atoms with Gasteiger partial charge in [0.2, 0.25) is 0 Å². The van der Waals surface area contributed by atoms with Crippen LogP contribution in [0.1, 0.15) is 6.92 Å². The van der Waals surface area contributed by atoms with Crippen LogP contribution in [0.15, 0.2) is 4.99 Å². The minimum Gasteiger partial charge on any atom is -0.290 e. The van der Waals surface area contributed by atoms with Gasteiger partial charge in [0.25, 0.3) is 0 Å². The van der Waals surface area contributed by atoms with E-state index in [-0.39, 0.29) is 0 Å². The maximum atomic E-state index is 3.64. The molecule has 0 amide bonds. The number of rotatable bonds is 3. The molecule has 6 heavy (non-hydrogen) atoms. The van der Waals surface area contributed by atoms with E-state index in [1.807, 2.05) is 0 Å². The predicted molar refractivity (Wildman–Crippen MR) is 32.5 cm³/mol. The minimum atomic E-state index is 0.844. The van der Waals surface area contributed by atoms with E-state index >= 15 is 0 Å². The van der Waals surface area contributed by atoms with Crippen LogP contribution in [0.3, 0.4) is 0 Å². The molecule has 0 aliphatic carbocycles. The zero-order valence-corrected chi connectivity index (χ0v) is 4.79. The van der Waals surface area contributed by atoms with E-state index in [0.717, 1.165) is 11.6 Å². The summed E-state index contributed by atoms with van der Waals surface area (Å²) in [5.41, 5.74) is 0. The standard InChI is InChI=1S/C4H9NS/c1-3-6-4-5-2/h2-4H2,1H3. The van der Waals surface area contributed by atoms with Crippen molar-refractivity contribution in [3.05, 3.63) is 0 Å². The fourth-order valence-corrected chi connectivity index (χ4v) is 0.468. The Hall–Kier alpha value is 0.0200. The van der Waals surface area contributed by atoms with Crippen molar-refractivity contribution in [2.45, 2.75) is 6.92 Å². The maximum absolute atomic E-state index is 3.64. The molecule has 0 aromatic carbocycles. The number of nitrogens with zero attached hydrogens (tertiary/aromatic N) is 1. The SMILES string of the molecule is C=NCSCC. The van der Waals surface area contributed by atoms with Crippen LogP contribution in [0.25, 0.3) is 0 Å². The van der Waals surface area contributed by atoms with E-state index in [1.165, 1.54) is 0 Å². The fourth-order valence-electron chi connectivity index (χ4n) is 0.156. The summed E-state index contributed by atoms with van der Waals surface area (Å²) < 4.78 is 0. The molecule has 0 saturated carbocycles. The lowest BCUT2D eigenvalue weighted by molar-refractivity contribution is 1.39. The molecule has 0 aromatic heterocycles. The lowest BCUT2D eigenvalue weighted by Gasteiger charge is -1.83. The Morgan fingerprint density at radius 3 is 2.67 bits per heavy atom. The normalized spacial score (nSPS) is 8.17. The van der Waals surface area contributed by atoms with Crippen LogP contribution < -0.4 is 0 Å². The molecule has 0 N–H and O–H groups in total. The van der Waals surface area contributed by atoms with Gasteiger partial charge in [-0.15, -0.1) is 11.8 Å². The number of hydrogen-bond acceptors (Lipinski definition) is 2. The van der Waals surface area contributed by atoms with Crippen molar-refractivity contribution >= 4 is 18.5 Å². The Labute approximate surface area is 42.9 Å². The van der Waals surface area contributed by atoms with Gasteiger partial charge in [-0.1, -0.05) is 6.92 Å². The summed E-state index contributed by atoms with van der Waals surface area (Å²) in [7, 11) is 0. The van der Waals surface area contributed by atoms with E-state index in [1.54, 1.807) is 11.8 Å². The summed E-state index contributed by atoms with van der Waals surface area (Å²) in [6.45, 7) is 5.43. The van der Waals surface area contributed by atoms with Gasteiger partial charge in [-0.25, -0.2) is 0 Å². The largest absolute Gasteiger partial charge is 0.290 e. The molecule has 36 valence electrons. The first-order chi connectivity index (χ1) is 2.91. The first-order valence-corrected chi connectivity index (χ1v) is 3.07. The van der Waals surface area contributed by atoms with Crippen molar-refractivity contribution in [1.29, 1.82) is 0 Å². The summed E-state index contributed by atoms with van der Waals surface area (Å²) in [4.78, 5) is 3.64. The van der Waals surface area contributed by atoms with Crippen molar-refractivity contribution in [1.82, 2.24) is 0 Å². The zero-order chi connectivity index (χ0) is 4.83. The smallest absolute Gasteiger partial charge is 0.0836 e. The van der Waals surface area contributed by atoms with Crippen LogP contribution in [0.4, 0.5) is 0 Å². The van der Waals surface area contributed by atoms with Crippen molar-refractivity contribution in [3.8, 4) is 0 Å². The molecule has 0 spiro atoms. The Kier molecular flexibility index (Phi) is 5.04. The van der Waals surface area contributed by atoms with Crippen LogP contribution in [-0.2, 0) is 0 Å². The average Bonchev–Trinajstić information content (AvgIpc) is 1.61. The number of thioether (sulfide) groups is 1. The highest BCUT2D eigenvalue weighted by Gasteiger charge is 1.71. The van der Waals surface area contributed by atoms with Crippen molar-refractivity contribution in [2.24, 2.45) is 4.99 Å². The van der Waals surface area contributed by atoms with Crippen LogP contribution in [0, 0.1) is 0 Å². The maximum Gasteiger partial charge on any atom is 0.0836 e. The van der Waals surface area contributed by atoms with Crippen LogP contribution in [0.2, 0.25) is 0 Å². The van der Waals surface area contributed by atoms with Gasteiger partial charge >= 0.3 is 0 Å². The summed E-state index contributed by atoms with van der Waals surface area (Å²) in [6.07, 6.45) is 0. The first kappa shape index (κ1) is 6.02. The van der Waals surface area contributed by atoms with Crippen molar-refractivity contribution < 1.29 is 0 Å². The topological polar surface area (TPSA) is 12.4 Å². The molecule has 1 nitrogen and oxygen atoms in total. The zero-order valence-electron chi connectivity index (χ0n) is 3.98. The second kappa shape index (κ2) is 5.02. The predicted octanol–water partition coefficient (Wildman–Crippen LogP) is 1.40. The Morgan fingerprint density at radius 2 is 2.50 bits per heavy atom. The van der Waals surface area contributed by atoms with Gasteiger partial charge in [-0.2, -0.15) is 0 Å². The highest BCUT2D eigenvalue weighted by Crippen LogP contribution is 1.95. The fraction of sp³-hybridized carbons (Fsp3) is 0.750. The van der Waals surface area contributed by atoms with Gasteiger partial charge in [0.05, 0.1) is 5.88 Å². The summed E-state index contributed by atoms with van der Waals surface area (Å²) in [5, 5.41) is 0. The van der Waals surface area contributed by atoms with Gasteiger partial charge in [-0.3, -0.25) is 4.99 Å². The quantitative estimate of drug-likeness (QED) is 0.388. The highest BCUT2D eigenvalue weighted by atomic mass is 32.2. The first-order valence-electron chi connectivity index (χ1n) is 1.92. The van der Waals surface area contributed by atoms with Gasteiger partial charge < -0.3 is 0 Å². The molecule has 0 aliphatic heterocycles. The monoisotopic (exact) mass is 103 g/mol. The molecule has 0 bridgehead atoms. The van der Waals surface area contributed by atoms with E-state index < -0.39 is 0 Å². The molecule has 0 aliphatic rings. The second-order valence-electron chi connectivity index (χ2n) is 0.846. The van der Waals surface area contributed by atoms with Crippen LogP contribution >= 0.6 is 11.8 Å². The molecular formula is C4H9NS. The molecule has 0 fully saturated rings. The molecule has 2 heteroatoms. The van der Waals surface area contributed by atoms with Crippen molar-refractivity contribution in [3.63, 3.8) is 0 Å². The second-order valence-corrected chi connectivity index (χ2v) is 2.09. The molecule has 0 radical (unpaired) electrons. The van der Waals surface area contributed by atoms with Gasteiger partial charge in [-0.05, 0) is 12.5 Å². The van der Waals surface area contributed by atoms with E-state index in [2.05, 4.69) is 18.6 Å². The molecule has 0 rings (SSSR count). The lowest BCUT2D eigenvalue weighted by Crippen LogP contribution is -1.67. The van der Waals surface area contributed by atoms with Gasteiger partial charge in [0.15, 0.2) is 0 Å². The van der Waals surface area contributed by atoms with E-state index in [4.69, 9.17) is 0 Å². The molecule has 0 aromatic rings. The molecule has 0 atom stereocenters. The number of hydrogen-bond donors (Lipinski definition) is 0. The summed E-state index contributed by atoms with van der Waals surface area (Å²) in [6, 6.07) is 0. The van der Waals surface area contributed by atoms with Gasteiger partial charge in [0, 0.05) is 0 Å². The molecule has 0 unspecified atom stereocenters. The van der Waals surface area contributed by atoms with E-state index in [0.29, 0.717) is 0 Å². The third-order valence-corrected chi connectivity index (χ3v) is 1.16.